The van der Waals surface area contributed by atoms with Crippen molar-refractivity contribution >= 4 is 0 Å². The molecule has 0 aromatic rings. The van der Waals surface area contributed by atoms with Crippen molar-refractivity contribution in [3.63, 3.8) is 0 Å². The summed E-state index contributed by atoms with van der Waals surface area (Å²) in [5.41, 5.74) is 0. The van der Waals surface area contributed by atoms with Gasteiger partial charge in [0.15, 0.2) is 0 Å². The first-order valence-corrected chi connectivity index (χ1v) is 12.0. The maximum absolute atomic E-state index is 5.19. The van der Waals surface area contributed by atoms with Gasteiger partial charge < -0.3 is 0 Å². The van der Waals surface area contributed by atoms with Crippen molar-refractivity contribution in [2.24, 2.45) is 0 Å². The molecule has 28 heavy (non-hydrogen) atoms. The summed E-state index contributed by atoms with van der Waals surface area (Å²) in [4.78, 5) is 10.2. The molecule has 0 bridgehead atoms. The minimum atomic E-state index is 0.0723. The van der Waals surface area contributed by atoms with Gasteiger partial charge in [0, 0.05) is 0 Å². The summed E-state index contributed by atoms with van der Waals surface area (Å²) in [6.45, 7) is 28.7. The molecule has 0 rings (SSSR count). The summed E-state index contributed by atoms with van der Waals surface area (Å²) in [5.74, 6) is 0. The zero-order valence-corrected chi connectivity index (χ0v) is 21.9. The van der Waals surface area contributed by atoms with Crippen molar-refractivity contribution in [2.45, 2.75) is 128 Å². The molecule has 0 aliphatic rings. The van der Waals surface area contributed by atoms with Crippen LogP contribution in [0.4, 0.5) is 0 Å². The number of rotatable bonds is 11. The molecule has 0 saturated heterocycles. The van der Waals surface area contributed by atoms with Crippen LogP contribution < -0.4 is 0 Å². The summed E-state index contributed by atoms with van der Waals surface area (Å²) < 4.78 is 0. The average Bonchev–Trinajstić information content (AvgIpc) is 2.80. The normalized spacial score (nSPS) is 9.71. The Morgan fingerprint density at radius 3 is 1.64 bits per heavy atom. The molecular weight excluding hydrogens is 344 g/mol. The largest absolute Gasteiger partial charge is 0.236 e. The summed E-state index contributed by atoms with van der Waals surface area (Å²) >= 11 is 0. The van der Waals surface area contributed by atoms with E-state index in [9.17, 15) is 0 Å². The fourth-order valence-corrected chi connectivity index (χ4v) is 1.21. The Morgan fingerprint density at radius 2 is 1.32 bits per heavy atom. The van der Waals surface area contributed by atoms with Crippen LogP contribution in [-0.4, -0.2) is 12.7 Å². The van der Waals surface area contributed by atoms with Gasteiger partial charge in [0.25, 0.3) is 0 Å². The standard InChI is InChI=1S/C12H22O2.C6H12.4C2H6/c1-4-7-8-9-10-12(6-3)14-13-11-5-2;1-3-5-6-4-2;4*1-2/h7-10,12H,4-6,11H2,1-3H3;3H,1,4-6H2,2H3;4*1-2H3/b8-7-,10-9+;;;;;. The van der Waals surface area contributed by atoms with Crippen molar-refractivity contribution in [2.75, 3.05) is 6.61 Å². The van der Waals surface area contributed by atoms with Crippen LogP contribution in [0, 0.1) is 0 Å². The predicted molar refractivity (Wildman–Crippen MR) is 135 cm³/mol. The molecule has 0 radical (unpaired) electrons. The highest BCUT2D eigenvalue weighted by atomic mass is 17.2. The first kappa shape index (κ1) is 41.5. The Bertz CT molecular complexity index is 233. The second kappa shape index (κ2) is 63.4. The monoisotopic (exact) mass is 402 g/mol. The third-order valence-electron chi connectivity index (χ3n) is 2.45. The van der Waals surface area contributed by atoms with Crippen LogP contribution in [0.15, 0.2) is 37.0 Å². The third kappa shape index (κ3) is 63.9. The zero-order chi connectivity index (χ0) is 23.5. The molecule has 1 unspecified atom stereocenters. The Balaban J connectivity index is -0.0000000720. The molecule has 0 fully saturated rings. The minimum Gasteiger partial charge on any atom is -0.236 e. The van der Waals surface area contributed by atoms with Crippen LogP contribution in [0.3, 0.4) is 0 Å². The van der Waals surface area contributed by atoms with Crippen molar-refractivity contribution in [1.82, 2.24) is 0 Å². The zero-order valence-electron chi connectivity index (χ0n) is 21.9. The van der Waals surface area contributed by atoms with Crippen molar-refractivity contribution < 1.29 is 9.78 Å². The molecule has 0 aliphatic heterocycles. The van der Waals surface area contributed by atoms with E-state index in [-0.39, 0.29) is 6.10 Å². The SMILES string of the molecule is C=CCCCC.CC.CC.CC.CC.CC/C=C\C=C\C(CC)OOCCC. The second-order valence-corrected chi connectivity index (χ2v) is 4.52. The molecule has 2 heteroatoms. The molecule has 0 saturated carbocycles. The Labute approximate surface area is 181 Å². The van der Waals surface area contributed by atoms with E-state index in [1.807, 2.05) is 79.7 Å². The van der Waals surface area contributed by atoms with Gasteiger partial charge in [-0.3, -0.25) is 0 Å². The molecule has 0 aromatic heterocycles. The lowest BCUT2D eigenvalue weighted by atomic mass is 10.2. The highest BCUT2D eigenvalue weighted by Gasteiger charge is 2.00. The smallest absolute Gasteiger partial charge is 0.111 e. The maximum atomic E-state index is 5.19. The first-order chi connectivity index (χ1) is 13.8. The summed E-state index contributed by atoms with van der Waals surface area (Å²) in [6.07, 6.45) is 16.9. The molecule has 0 amide bonds. The highest BCUT2D eigenvalue weighted by molar-refractivity contribution is 5.04. The lowest BCUT2D eigenvalue weighted by Crippen LogP contribution is -2.09. The van der Waals surface area contributed by atoms with Gasteiger partial charge in [-0.15, -0.1) is 6.58 Å². The van der Waals surface area contributed by atoms with Crippen LogP contribution in [0.5, 0.6) is 0 Å². The van der Waals surface area contributed by atoms with Gasteiger partial charge >= 0.3 is 0 Å². The fraction of sp³-hybridized carbons (Fsp3) is 0.769. The molecule has 2 nitrogen and oxygen atoms in total. The molecule has 0 aliphatic carbocycles. The third-order valence-corrected chi connectivity index (χ3v) is 2.45. The van der Waals surface area contributed by atoms with E-state index in [2.05, 4.69) is 40.3 Å². The number of allylic oxidation sites excluding steroid dienone is 4. The van der Waals surface area contributed by atoms with Crippen LogP contribution in [0.25, 0.3) is 0 Å². The first-order valence-electron chi connectivity index (χ1n) is 12.0. The van der Waals surface area contributed by atoms with E-state index in [1.54, 1.807) is 0 Å². The second-order valence-electron chi connectivity index (χ2n) is 4.52. The number of unbranched alkanes of at least 4 members (excludes halogenated alkanes) is 2. The Kier molecular flexibility index (Phi) is 94.0. The number of hydrogen-bond acceptors (Lipinski definition) is 2. The van der Waals surface area contributed by atoms with Gasteiger partial charge in [-0.1, -0.05) is 126 Å². The molecule has 174 valence electrons. The van der Waals surface area contributed by atoms with E-state index in [0.717, 1.165) is 19.3 Å². The van der Waals surface area contributed by atoms with Gasteiger partial charge in [0.1, 0.15) is 6.10 Å². The topological polar surface area (TPSA) is 18.5 Å². The van der Waals surface area contributed by atoms with Crippen LogP contribution >= 0.6 is 0 Å². The quantitative estimate of drug-likeness (QED) is 0.112. The van der Waals surface area contributed by atoms with E-state index in [0.29, 0.717) is 6.61 Å². The van der Waals surface area contributed by atoms with Crippen molar-refractivity contribution in [3.8, 4) is 0 Å². The number of hydrogen-bond donors (Lipinski definition) is 0. The lowest BCUT2D eigenvalue weighted by molar-refractivity contribution is -0.314. The van der Waals surface area contributed by atoms with Gasteiger partial charge in [0.2, 0.25) is 0 Å². The molecule has 0 aromatic carbocycles. The van der Waals surface area contributed by atoms with Crippen molar-refractivity contribution in [3.05, 3.63) is 37.0 Å². The van der Waals surface area contributed by atoms with Gasteiger partial charge in [0.05, 0.1) is 6.61 Å². The van der Waals surface area contributed by atoms with Gasteiger partial charge in [-0.05, 0) is 25.7 Å². The summed E-state index contributed by atoms with van der Waals surface area (Å²) in [6, 6.07) is 0. The lowest BCUT2D eigenvalue weighted by Gasteiger charge is -2.09. The molecular formula is C26H58O2. The van der Waals surface area contributed by atoms with E-state index >= 15 is 0 Å². The van der Waals surface area contributed by atoms with E-state index in [4.69, 9.17) is 9.78 Å². The molecule has 0 spiro atoms. The fourth-order valence-electron chi connectivity index (χ4n) is 1.21. The van der Waals surface area contributed by atoms with Gasteiger partial charge in [-0.2, -0.15) is 0 Å². The van der Waals surface area contributed by atoms with Crippen LogP contribution in [0.2, 0.25) is 0 Å². The predicted octanol–water partition coefficient (Wildman–Crippen LogP) is 10.1. The summed E-state index contributed by atoms with van der Waals surface area (Å²) in [7, 11) is 0. The van der Waals surface area contributed by atoms with Gasteiger partial charge in [-0.25, -0.2) is 9.78 Å². The molecule has 1 atom stereocenters. The van der Waals surface area contributed by atoms with Crippen molar-refractivity contribution in [1.29, 1.82) is 0 Å². The minimum absolute atomic E-state index is 0.0723. The van der Waals surface area contributed by atoms with E-state index < -0.39 is 0 Å². The maximum Gasteiger partial charge on any atom is 0.111 e. The Morgan fingerprint density at radius 1 is 0.786 bits per heavy atom. The van der Waals surface area contributed by atoms with Crippen LogP contribution in [-0.2, 0) is 9.78 Å². The highest BCUT2D eigenvalue weighted by Crippen LogP contribution is 2.01. The summed E-state index contributed by atoms with van der Waals surface area (Å²) in [5, 5.41) is 0. The van der Waals surface area contributed by atoms with Crippen LogP contribution in [0.1, 0.15) is 122 Å². The Hall–Kier alpha value is -0.860. The molecule has 0 heterocycles. The molecule has 0 N–H and O–H groups in total. The average molecular weight is 403 g/mol. The van der Waals surface area contributed by atoms with E-state index in [1.165, 1.54) is 19.3 Å².